The van der Waals surface area contributed by atoms with Gasteiger partial charge in [0.05, 0.1) is 24.9 Å². The van der Waals surface area contributed by atoms with Crippen molar-refractivity contribution in [2.45, 2.75) is 78.4 Å². The summed E-state index contributed by atoms with van der Waals surface area (Å²) >= 11 is 0. The Morgan fingerprint density at radius 2 is 1.78 bits per heavy atom. The number of carboxylic acids is 1. The van der Waals surface area contributed by atoms with E-state index in [1.165, 1.54) is 13.8 Å². The molecule has 0 heterocycles. The van der Waals surface area contributed by atoms with Crippen molar-refractivity contribution in [3.8, 4) is 0 Å². The standard InChI is InChI=1S/C27H40O9/c1-7-17(14-36-21(32)11-15(2)10-20(30)31)23-26(5,19(29)8-9-28)22-16(3)12-25(4,34)13-18(22)24(33)27(23,6)35/h8-10,16-18,22-23,28,34-35H,7,11-14H2,1-6H3,(H,30,31)/b9-8-,15-10+/t16-,17?,18+,22+,23-,25-,26-,27+/m1/s1. The highest BCUT2D eigenvalue weighted by Crippen LogP contribution is 2.61. The predicted molar refractivity (Wildman–Crippen MR) is 131 cm³/mol. The van der Waals surface area contributed by atoms with Gasteiger partial charge in [0.1, 0.15) is 5.60 Å². The molecule has 2 aliphatic carbocycles. The van der Waals surface area contributed by atoms with E-state index in [1.54, 1.807) is 13.8 Å². The van der Waals surface area contributed by atoms with Gasteiger partial charge in [0.15, 0.2) is 11.6 Å². The van der Waals surface area contributed by atoms with Gasteiger partial charge in [0.25, 0.3) is 0 Å². The normalized spacial score (nSPS) is 37.9. The average Bonchev–Trinajstić information content (AvgIpc) is 2.72. The number of carboxylic acid groups (broad SMARTS) is 1. The number of aliphatic carboxylic acids is 1. The molecule has 2 rings (SSSR count). The summed E-state index contributed by atoms with van der Waals surface area (Å²) in [5.41, 5.74) is -4.09. The Kier molecular flexibility index (Phi) is 8.95. The van der Waals surface area contributed by atoms with E-state index < -0.39 is 63.8 Å². The lowest BCUT2D eigenvalue weighted by atomic mass is 9.42. The molecule has 2 saturated carbocycles. The third-order valence-corrected chi connectivity index (χ3v) is 8.25. The molecular weight excluding hydrogens is 468 g/mol. The van der Waals surface area contributed by atoms with Crippen LogP contribution in [0, 0.1) is 35.0 Å². The van der Waals surface area contributed by atoms with Gasteiger partial charge in [-0.3, -0.25) is 14.4 Å². The summed E-state index contributed by atoms with van der Waals surface area (Å²) in [5.74, 6) is -5.78. The lowest BCUT2D eigenvalue weighted by molar-refractivity contribution is -0.206. The Labute approximate surface area is 212 Å². The Hall–Kier alpha value is -2.52. The zero-order valence-corrected chi connectivity index (χ0v) is 22.0. The van der Waals surface area contributed by atoms with Crippen LogP contribution in [0.25, 0.3) is 0 Å². The second kappa shape index (κ2) is 10.8. The number of rotatable bonds is 9. The molecule has 202 valence electrons. The first-order chi connectivity index (χ1) is 16.5. The number of aliphatic hydroxyl groups excluding tert-OH is 1. The van der Waals surface area contributed by atoms with Gasteiger partial charge < -0.3 is 25.2 Å². The second-order valence-electron chi connectivity index (χ2n) is 11.3. The van der Waals surface area contributed by atoms with Crippen LogP contribution in [-0.4, -0.2) is 61.7 Å². The van der Waals surface area contributed by atoms with Gasteiger partial charge in [0, 0.05) is 29.4 Å². The van der Waals surface area contributed by atoms with E-state index in [0.717, 1.165) is 12.2 Å². The molecule has 0 aromatic rings. The van der Waals surface area contributed by atoms with Gasteiger partial charge in [-0.1, -0.05) is 26.3 Å². The van der Waals surface area contributed by atoms with E-state index in [0.29, 0.717) is 24.7 Å². The van der Waals surface area contributed by atoms with Crippen LogP contribution in [0.15, 0.2) is 24.0 Å². The highest BCUT2D eigenvalue weighted by Gasteiger charge is 2.68. The fourth-order valence-corrected chi connectivity index (χ4v) is 7.19. The van der Waals surface area contributed by atoms with Crippen LogP contribution in [0.4, 0.5) is 0 Å². The number of hydrogen-bond donors (Lipinski definition) is 4. The highest BCUT2D eigenvalue weighted by molar-refractivity contribution is 6.00. The minimum Gasteiger partial charge on any atom is -0.515 e. The molecule has 9 heteroatoms. The molecule has 1 unspecified atom stereocenters. The highest BCUT2D eigenvalue weighted by atomic mass is 16.5. The summed E-state index contributed by atoms with van der Waals surface area (Å²) in [7, 11) is 0. The van der Waals surface area contributed by atoms with E-state index in [4.69, 9.17) is 9.84 Å². The average molecular weight is 509 g/mol. The summed E-state index contributed by atoms with van der Waals surface area (Å²) in [5, 5.41) is 40.8. The Morgan fingerprint density at radius 1 is 1.17 bits per heavy atom. The molecule has 8 atom stereocenters. The molecule has 0 aliphatic heterocycles. The fourth-order valence-electron chi connectivity index (χ4n) is 7.19. The molecule has 9 nitrogen and oxygen atoms in total. The van der Waals surface area contributed by atoms with Crippen molar-refractivity contribution in [1.82, 2.24) is 0 Å². The molecule has 2 fully saturated rings. The molecule has 0 bridgehead atoms. The summed E-state index contributed by atoms with van der Waals surface area (Å²) in [6, 6.07) is 0. The lowest BCUT2D eigenvalue weighted by Gasteiger charge is -2.61. The zero-order chi connectivity index (χ0) is 27.6. The third-order valence-electron chi connectivity index (χ3n) is 8.25. The van der Waals surface area contributed by atoms with E-state index >= 15 is 0 Å². The first kappa shape index (κ1) is 29.7. The number of ether oxygens (including phenoxy) is 1. The monoisotopic (exact) mass is 508 g/mol. The Balaban J connectivity index is 2.51. The van der Waals surface area contributed by atoms with Crippen LogP contribution in [0.1, 0.15) is 67.2 Å². The maximum Gasteiger partial charge on any atom is 0.328 e. The van der Waals surface area contributed by atoms with Gasteiger partial charge in [-0.15, -0.1) is 0 Å². The van der Waals surface area contributed by atoms with Crippen LogP contribution in [0.2, 0.25) is 0 Å². The summed E-state index contributed by atoms with van der Waals surface area (Å²) < 4.78 is 5.44. The maximum atomic E-state index is 13.7. The van der Waals surface area contributed by atoms with Crippen molar-refractivity contribution >= 4 is 23.5 Å². The van der Waals surface area contributed by atoms with Crippen molar-refractivity contribution in [2.75, 3.05) is 6.61 Å². The van der Waals surface area contributed by atoms with E-state index in [-0.39, 0.29) is 25.4 Å². The van der Waals surface area contributed by atoms with Gasteiger partial charge >= 0.3 is 11.9 Å². The number of esters is 1. The third kappa shape index (κ3) is 5.72. The van der Waals surface area contributed by atoms with Gasteiger partial charge in [-0.2, -0.15) is 0 Å². The Morgan fingerprint density at radius 3 is 2.31 bits per heavy atom. The molecule has 0 radical (unpaired) electrons. The molecular formula is C27H40O9. The number of aliphatic hydroxyl groups is 3. The first-order valence-electron chi connectivity index (χ1n) is 12.4. The van der Waals surface area contributed by atoms with Crippen molar-refractivity contribution in [3.63, 3.8) is 0 Å². The van der Waals surface area contributed by atoms with Crippen LogP contribution in [0.5, 0.6) is 0 Å². The minimum absolute atomic E-state index is 0.108. The SMILES string of the molecule is CCC(COC(=O)C/C(C)=C/C(=O)O)[C@@H]1[C@](C)(C(=O)/C=C\O)[C@H]2[C@H](C)C[C@@](C)(O)C[C@@H]2C(=O)[C@@]1(C)O. The Bertz CT molecular complexity index is 945. The van der Waals surface area contributed by atoms with E-state index in [9.17, 15) is 34.5 Å². The molecule has 36 heavy (non-hydrogen) atoms. The summed E-state index contributed by atoms with van der Waals surface area (Å²) in [6.07, 6.45) is 3.21. The maximum absolute atomic E-state index is 13.7. The van der Waals surface area contributed by atoms with Crippen molar-refractivity contribution in [1.29, 1.82) is 0 Å². The summed E-state index contributed by atoms with van der Waals surface area (Å²) in [4.78, 5) is 50.5. The van der Waals surface area contributed by atoms with Gasteiger partial charge in [0.2, 0.25) is 0 Å². The lowest BCUT2D eigenvalue weighted by Crippen LogP contribution is -2.69. The molecule has 0 spiro atoms. The zero-order valence-electron chi connectivity index (χ0n) is 22.0. The first-order valence-corrected chi connectivity index (χ1v) is 12.4. The minimum atomic E-state index is -1.96. The number of Topliss-reactive ketones (excluding diaryl/α,β-unsaturated/α-hetero) is 1. The number of carbonyl (C=O) groups is 4. The van der Waals surface area contributed by atoms with Crippen molar-refractivity contribution in [3.05, 3.63) is 24.0 Å². The van der Waals surface area contributed by atoms with Crippen LogP contribution >= 0.6 is 0 Å². The molecule has 0 amide bonds. The van der Waals surface area contributed by atoms with Crippen LogP contribution in [0.3, 0.4) is 0 Å². The number of fused-ring (bicyclic) bond motifs is 1. The number of ketones is 2. The van der Waals surface area contributed by atoms with Gasteiger partial charge in [-0.25, -0.2) is 4.79 Å². The number of allylic oxidation sites excluding steroid dienone is 1. The quantitative estimate of drug-likeness (QED) is 0.209. The summed E-state index contributed by atoms with van der Waals surface area (Å²) in [6.45, 7) is 9.72. The van der Waals surface area contributed by atoms with Crippen LogP contribution < -0.4 is 0 Å². The van der Waals surface area contributed by atoms with E-state index in [1.807, 2.05) is 13.8 Å². The molecule has 0 aromatic heterocycles. The van der Waals surface area contributed by atoms with E-state index in [2.05, 4.69) is 0 Å². The molecule has 4 N–H and O–H groups in total. The topological polar surface area (TPSA) is 158 Å². The van der Waals surface area contributed by atoms with Crippen molar-refractivity contribution < 1.29 is 44.3 Å². The van der Waals surface area contributed by atoms with Crippen LogP contribution in [-0.2, 0) is 23.9 Å². The fraction of sp³-hybridized carbons (Fsp3) is 0.704. The molecule has 2 aliphatic rings. The molecule has 0 saturated heterocycles. The number of hydrogen-bond acceptors (Lipinski definition) is 8. The second-order valence-corrected chi connectivity index (χ2v) is 11.3. The molecule has 0 aromatic carbocycles. The largest absolute Gasteiger partial charge is 0.515 e. The van der Waals surface area contributed by atoms with Gasteiger partial charge in [-0.05, 0) is 57.8 Å². The number of carbonyl (C=O) groups excluding carboxylic acids is 3. The predicted octanol–water partition coefficient (Wildman–Crippen LogP) is 2.99. The van der Waals surface area contributed by atoms with Crippen molar-refractivity contribution in [2.24, 2.45) is 35.0 Å². The smallest absolute Gasteiger partial charge is 0.328 e.